The van der Waals surface area contributed by atoms with Crippen molar-refractivity contribution < 1.29 is 4.74 Å². The van der Waals surface area contributed by atoms with Crippen LogP contribution in [0.5, 0.6) is 11.6 Å². The normalized spacial score (nSPS) is 10.3. The first-order valence-corrected chi connectivity index (χ1v) is 6.65. The van der Waals surface area contributed by atoms with Crippen LogP contribution in [0.1, 0.15) is 5.56 Å². The number of hydrogen-bond acceptors (Lipinski definition) is 3. The van der Waals surface area contributed by atoms with Crippen molar-refractivity contribution in [2.24, 2.45) is 5.73 Å². The number of aromatic nitrogens is 1. The fourth-order valence-corrected chi connectivity index (χ4v) is 2.38. The Balaban J connectivity index is 2.38. The molecule has 2 rings (SSSR count). The molecule has 0 saturated carbocycles. The van der Waals surface area contributed by atoms with E-state index in [0.29, 0.717) is 20.8 Å². The Morgan fingerprint density at radius 3 is 2.68 bits per heavy atom. The van der Waals surface area contributed by atoms with Gasteiger partial charge >= 0.3 is 0 Å². The smallest absolute Gasteiger partial charge is 0.238 e. The minimum absolute atomic E-state index is 0.146. The fraction of sp³-hybridized carbons (Fsp3) is 0. The second-order valence-electron chi connectivity index (χ2n) is 3.57. The van der Waals surface area contributed by atoms with E-state index in [9.17, 15) is 0 Å². The molecule has 0 bridgehead atoms. The SMILES string of the molecule is N=C(N)c1ccnc(Oc2ccc(Cl)cc2Br)c1Cl. The summed E-state index contributed by atoms with van der Waals surface area (Å²) in [6.07, 6.45) is 1.47. The van der Waals surface area contributed by atoms with E-state index >= 15 is 0 Å². The lowest BCUT2D eigenvalue weighted by molar-refractivity contribution is 0.460. The molecule has 19 heavy (non-hydrogen) atoms. The molecule has 1 heterocycles. The highest BCUT2D eigenvalue weighted by atomic mass is 79.9. The van der Waals surface area contributed by atoms with Crippen molar-refractivity contribution in [2.45, 2.75) is 0 Å². The Morgan fingerprint density at radius 2 is 2.05 bits per heavy atom. The first kappa shape index (κ1) is 14.1. The number of rotatable bonds is 3. The van der Waals surface area contributed by atoms with Crippen molar-refractivity contribution in [3.8, 4) is 11.6 Å². The van der Waals surface area contributed by atoms with E-state index in [0.717, 1.165) is 0 Å². The third-order valence-electron chi connectivity index (χ3n) is 2.25. The molecule has 0 unspecified atom stereocenters. The molecule has 1 aromatic carbocycles. The highest BCUT2D eigenvalue weighted by Crippen LogP contribution is 2.34. The van der Waals surface area contributed by atoms with Gasteiger partial charge in [-0.25, -0.2) is 4.98 Å². The summed E-state index contributed by atoms with van der Waals surface area (Å²) in [4.78, 5) is 4.02. The van der Waals surface area contributed by atoms with Crippen LogP contribution in [0.15, 0.2) is 34.9 Å². The second-order valence-corrected chi connectivity index (χ2v) is 5.24. The molecular weight excluding hydrogens is 353 g/mol. The van der Waals surface area contributed by atoms with E-state index < -0.39 is 0 Å². The average molecular weight is 361 g/mol. The monoisotopic (exact) mass is 359 g/mol. The van der Waals surface area contributed by atoms with Crippen LogP contribution in [-0.4, -0.2) is 10.8 Å². The predicted molar refractivity (Wildman–Crippen MR) is 79.5 cm³/mol. The number of halogens is 3. The van der Waals surface area contributed by atoms with E-state index in [1.54, 1.807) is 24.3 Å². The highest BCUT2D eigenvalue weighted by Gasteiger charge is 2.13. The molecule has 3 N–H and O–H groups in total. The Labute approximate surface area is 128 Å². The first-order valence-electron chi connectivity index (χ1n) is 5.11. The average Bonchev–Trinajstić information content (AvgIpc) is 2.34. The number of nitrogens with two attached hydrogens (primary N) is 1. The van der Waals surface area contributed by atoms with Gasteiger partial charge in [0.25, 0.3) is 0 Å². The summed E-state index contributed by atoms with van der Waals surface area (Å²) in [5.74, 6) is 0.546. The van der Waals surface area contributed by atoms with Crippen LogP contribution in [0.4, 0.5) is 0 Å². The van der Waals surface area contributed by atoms with E-state index in [1.807, 2.05) is 0 Å². The van der Waals surface area contributed by atoms with Crippen molar-refractivity contribution >= 4 is 45.0 Å². The van der Waals surface area contributed by atoms with Gasteiger partial charge < -0.3 is 10.5 Å². The summed E-state index contributed by atoms with van der Waals surface area (Å²) in [6.45, 7) is 0. The van der Waals surface area contributed by atoms with Gasteiger partial charge in [0, 0.05) is 16.8 Å². The van der Waals surface area contributed by atoms with Crippen molar-refractivity contribution in [1.82, 2.24) is 4.98 Å². The Morgan fingerprint density at radius 1 is 1.32 bits per heavy atom. The molecular formula is C12H8BrCl2N3O. The molecule has 0 atom stereocenters. The number of nitrogens with zero attached hydrogens (tertiary/aromatic N) is 1. The lowest BCUT2D eigenvalue weighted by Crippen LogP contribution is -2.12. The molecule has 0 aliphatic rings. The molecule has 1 aromatic heterocycles. The van der Waals surface area contributed by atoms with Crippen molar-refractivity contribution in [3.63, 3.8) is 0 Å². The molecule has 0 spiro atoms. The fourth-order valence-electron chi connectivity index (χ4n) is 1.37. The number of ether oxygens (including phenoxy) is 1. The summed E-state index contributed by atoms with van der Waals surface area (Å²) >= 11 is 15.3. The lowest BCUT2D eigenvalue weighted by atomic mass is 10.2. The van der Waals surface area contributed by atoms with Gasteiger partial charge in [-0.3, -0.25) is 5.41 Å². The molecule has 0 aliphatic heterocycles. The largest absolute Gasteiger partial charge is 0.436 e. The molecule has 0 aliphatic carbocycles. The van der Waals surface area contributed by atoms with E-state index in [2.05, 4.69) is 20.9 Å². The quantitative estimate of drug-likeness (QED) is 0.635. The Bertz CT molecular complexity index is 649. The summed E-state index contributed by atoms with van der Waals surface area (Å²) < 4.78 is 6.26. The number of benzene rings is 1. The minimum Gasteiger partial charge on any atom is -0.436 e. The standard InChI is InChI=1S/C12H8BrCl2N3O/c13-8-5-6(14)1-2-9(8)19-12-10(15)7(11(16)17)3-4-18-12/h1-5H,(H3,16,17). The maximum atomic E-state index is 7.41. The van der Waals surface area contributed by atoms with Crippen LogP contribution in [0, 0.1) is 5.41 Å². The van der Waals surface area contributed by atoms with Gasteiger partial charge in [0.15, 0.2) is 0 Å². The zero-order chi connectivity index (χ0) is 14.0. The zero-order valence-electron chi connectivity index (χ0n) is 9.45. The molecule has 7 heteroatoms. The number of nitrogens with one attached hydrogen (secondary N) is 1. The highest BCUT2D eigenvalue weighted by molar-refractivity contribution is 9.10. The van der Waals surface area contributed by atoms with Gasteiger partial charge in [-0.15, -0.1) is 0 Å². The van der Waals surface area contributed by atoms with E-state index in [1.165, 1.54) is 6.20 Å². The van der Waals surface area contributed by atoms with E-state index in [4.69, 9.17) is 39.1 Å². The van der Waals surface area contributed by atoms with Gasteiger partial charge in [0.2, 0.25) is 5.88 Å². The van der Waals surface area contributed by atoms with Crippen LogP contribution in [0.2, 0.25) is 10.0 Å². The number of nitrogen functional groups attached to an aromatic ring is 1. The molecule has 0 amide bonds. The molecule has 0 saturated heterocycles. The maximum Gasteiger partial charge on any atom is 0.238 e. The third-order valence-corrected chi connectivity index (χ3v) is 3.47. The van der Waals surface area contributed by atoms with Crippen LogP contribution < -0.4 is 10.5 Å². The molecule has 4 nitrogen and oxygen atoms in total. The van der Waals surface area contributed by atoms with Gasteiger partial charge in [-0.05, 0) is 40.2 Å². The molecule has 0 fully saturated rings. The summed E-state index contributed by atoms with van der Waals surface area (Å²) in [7, 11) is 0. The predicted octanol–water partition coefficient (Wildman–Crippen LogP) is 4.23. The van der Waals surface area contributed by atoms with Crippen molar-refractivity contribution in [1.29, 1.82) is 5.41 Å². The Hall–Kier alpha value is -1.30. The molecule has 2 aromatic rings. The molecule has 98 valence electrons. The van der Waals surface area contributed by atoms with Crippen molar-refractivity contribution in [2.75, 3.05) is 0 Å². The van der Waals surface area contributed by atoms with Gasteiger partial charge in [0.1, 0.15) is 16.6 Å². The van der Waals surface area contributed by atoms with Gasteiger partial charge in [-0.1, -0.05) is 23.2 Å². The number of amidine groups is 1. The van der Waals surface area contributed by atoms with Crippen LogP contribution in [0.25, 0.3) is 0 Å². The Kier molecular flexibility index (Phi) is 4.29. The number of hydrogen-bond donors (Lipinski definition) is 2. The zero-order valence-corrected chi connectivity index (χ0v) is 12.6. The van der Waals surface area contributed by atoms with Crippen LogP contribution >= 0.6 is 39.1 Å². The summed E-state index contributed by atoms with van der Waals surface area (Å²) in [6, 6.07) is 6.61. The lowest BCUT2D eigenvalue weighted by Gasteiger charge is -2.10. The van der Waals surface area contributed by atoms with Gasteiger partial charge in [0.05, 0.1) is 4.47 Å². The van der Waals surface area contributed by atoms with Gasteiger partial charge in [-0.2, -0.15) is 0 Å². The minimum atomic E-state index is -0.146. The second kappa shape index (κ2) is 5.77. The summed E-state index contributed by atoms with van der Waals surface area (Å²) in [5.41, 5.74) is 5.79. The first-order chi connectivity index (χ1) is 8.99. The van der Waals surface area contributed by atoms with E-state index in [-0.39, 0.29) is 16.7 Å². The number of pyridine rings is 1. The third kappa shape index (κ3) is 3.18. The summed E-state index contributed by atoms with van der Waals surface area (Å²) in [5, 5.41) is 8.18. The van der Waals surface area contributed by atoms with Crippen LogP contribution in [0.3, 0.4) is 0 Å². The van der Waals surface area contributed by atoms with Crippen LogP contribution in [-0.2, 0) is 0 Å². The molecule has 0 radical (unpaired) electrons. The van der Waals surface area contributed by atoms with Crippen molar-refractivity contribution in [3.05, 3.63) is 50.5 Å². The topological polar surface area (TPSA) is 72.0 Å². The maximum absolute atomic E-state index is 7.41.